The highest BCUT2D eigenvalue weighted by Crippen LogP contribution is 2.27. The van der Waals surface area contributed by atoms with Crippen LogP contribution in [0.2, 0.25) is 0 Å². The molecule has 0 saturated heterocycles. The summed E-state index contributed by atoms with van der Waals surface area (Å²) in [7, 11) is 0. The van der Waals surface area contributed by atoms with Crippen LogP contribution in [-0.4, -0.2) is 37.8 Å². The molecule has 0 bridgehead atoms. The summed E-state index contributed by atoms with van der Waals surface area (Å²) in [5.74, 6) is 0.320. The second-order valence-corrected chi connectivity index (χ2v) is 6.02. The van der Waals surface area contributed by atoms with E-state index in [0.29, 0.717) is 17.9 Å². The third-order valence-corrected chi connectivity index (χ3v) is 4.25. The maximum absolute atomic E-state index is 12.3. The van der Waals surface area contributed by atoms with Crippen molar-refractivity contribution in [3.8, 4) is 5.75 Å². The Morgan fingerprint density at radius 3 is 2.73 bits per heavy atom. The van der Waals surface area contributed by atoms with E-state index in [2.05, 4.69) is 5.32 Å². The maximum Gasteiger partial charge on any atom is 0.257 e. The number of anilines is 1. The first kappa shape index (κ1) is 17.7. The van der Waals surface area contributed by atoms with Crippen molar-refractivity contribution >= 4 is 23.8 Å². The smallest absolute Gasteiger partial charge is 0.257 e. The van der Waals surface area contributed by atoms with Gasteiger partial charge in [-0.1, -0.05) is 18.2 Å². The van der Waals surface area contributed by atoms with E-state index in [4.69, 9.17) is 4.74 Å². The van der Waals surface area contributed by atoms with Crippen LogP contribution in [0.4, 0.5) is 5.69 Å². The van der Waals surface area contributed by atoms with Gasteiger partial charge in [0.15, 0.2) is 12.4 Å². The lowest BCUT2D eigenvalue weighted by Crippen LogP contribution is -2.30. The number of rotatable bonds is 8. The Balaban J connectivity index is 1.44. The topological polar surface area (TPSA) is 75.7 Å². The molecule has 6 nitrogen and oxygen atoms in total. The lowest BCUT2D eigenvalue weighted by molar-refractivity contribution is -0.123. The summed E-state index contributed by atoms with van der Waals surface area (Å²) >= 11 is 0. The summed E-state index contributed by atoms with van der Waals surface area (Å²) in [5, 5.41) is 2.68. The number of hydrogen-bond donors (Lipinski definition) is 1. The average molecular weight is 352 g/mol. The van der Waals surface area contributed by atoms with E-state index in [1.807, 2.05) is 24.3 Å². The van der Waals surface area contributed by atoms with Gasteiger partial charge in [0.25, 0.3) is 5.91 Å². The highest BCUT2D eigenvalue weighted by molar-refractivity contribution is 5.97. The Hall–Kier alpha value is -3.15. The Kier molecular flexibility index (Phi) is 5.63. The van der Waals surface area contributed by atoms with Crippen LogP contribution in [0.25, 0.3) is 0 Å². The van der Waals surface area contributed by atoms with Crippen LogP contribution in [0, 0.1) is 0 Å². The molecule has 0 unspecified atom stereocenters. The van der Waals surface area contributed by atoms with Gasteiger partial charge in [0.1, 0.15) is 5.75 Å². The fraction of sp³-hybridized carbons (Fsp3) is 0.250. The number of carbonyl (C=O) groups excluding carboxylic acids is 3. The fourth-order valence-corrected chi connectivity index (χ4v) is 2.89. The molecule has 1 aliphatic heterocycles. The summed E-state index contributed by atoms with van der Waals surface area (Å²) in [6, 6.07) is 14.4. The van der Waals surface area contributed by atoms with Gasteiger partial charge in [-0.2, -0.15) is 0 Å². The van der Waals surface area contributed by atoms with Crippen molar-refractivity contribution in [2.75, 3.05) is 24.6 Å². The molecule has 1 aliphatic rings. The first-order valence-corrected chi connectivity index (χ1v) is 8.50. The second kappa shape index (κ2) is 8.29. The van der Waals surface area contributed by atoms with Crippen molar-refractivity contribution in [1.82, 2.24) is 5.32 Å². The lowest BCUT2D eigenvalue weighted by Gasteiger charge is -2.10. The number of ether oxygens (including phenoxy) is 1. The minimum absolute atomic E-state index is 0.0402. The standard InChI is InChI=1S/C20H20N2O4/c23-14-22-11-9-15-12-16(6-7-18(15)22)19(24)8-10-21-20(25)13-26-17-4-2-1-3-5-17/h1-7,12,14H,8-11,13H2,(H,21,25). The normalized spacial score (nSPS) is 12.4. The van der Waals surface area contributed by atoms with Gasteiger partial charge in [0.2, 0.25) is 6.41 Å². The molecule has 0 radical (unpaired) electrons. The van der Waals surface area contributed by atoms with Gasteiger partial charge in [-0.15, -0.1) is 0 Å². The van der Waals surface area contributed by atoms with E-state index in [9.17, 15) is 14.4 Å². The summed E-state index contributed by atoms with van der Waals surface area (Å²) in [5.41, 5.74) is 2.47. The first-order valence-electron chi connectivity index (χ1n) is 8.50. The van der Waals surface area contributed by atoms with E-state index in [0.717, 1.165) is 24.1 Å². The highest BCUT2D eigenvalue weighted by atomic mass is 16.5. The third kappa shape index (κ3) is 4.27. The van der Waals surface area contributed by atoms with Crippen molar-refractivity contribution in [3.05, 3.63) is 59.7 Å². The van der Waals surface area contributed by atoms with Crippen LogP contribution < -0.4 is 15.0 Å². The molecule has 0 spiro atoms. The zero-order valence-corrected chi connectivity index (χ0v) is 14.3. The van der Waals surface area contributed by atoms with Crippen LogP contribution in [0.1, 0.15) is 22.3 Å². The largest absolute Gasteiger partial charge is 0.484 e. The Bertz CT molecular complexity index is 805. The van der Waals surface area contributed by atoms with Gasteiger partial charge in [-0.25, -0.2) is 0 Å². The number of Topliss-reactive ketones (excluding diaryl/α,β-unsaturated/α-hetero) is 1. The van der Waals surface area contributed by atoms with Crippen LogP contribution in [-0.2, 0) is 16.0 Å². The number of nitrogens with zero attached hydrogens (tertiary/aromatic N) is 1. The van der Waals surface area contributed by atoms with Gasteiger partial charge in [-0.3, -0.25) is 14.4 Å². The molecule has 2 aromatic carbocycles. The number of para-hydroxylation sites is 1. The number of fused-ring (bicyclic) bond motifs is 1. The maximum atomic E-state index is 12.3. The molecule has 1 heterocycles. The summed E-state index contributed by atoms with van der Waals surface area (Å²) in [6.07, 6.45) is 1.77. The molecule has 1 N–H and O–H groups in total. The predicted octanol–water partition coefficient (Wildman–Crippen LogP) is 1.97. The Morgan fingerprint density at radius 2 is 1.96 bits per heavy atom. The molecule has 134 valence electrons. The third-order valence-electron chi connectivity index (χ3n) is 4.25. The molecule has 0 fully saturated rings. The van der Waals surface area contributed by atoms with Crippen molar-refractivity contribution in [3.63, 3.8) is 0 Å². The minimum Gasteiger partial charge on any atom is -0.484 e. The monoisotopic (exact) mass is 352 g/mol. The van der Waals surface area contributed by atoms with Gasteiger partial charge in [0, 0.05) is 30.8 Å². The van der Waals surface area contributed by atoms with Crippen LogP contribution in [0.3, 0.4) is 0 Å². The van der Waals surface area contributed by atoms with Gasteiger partial charge in [-0.05, 0) is 42.3 Å². The van der Waals surface area contributed by atoms with Crippen LogP contribution in [0.5, 0.6) is 5.75 Å². The molecule has 3 rings (SSSR count). The minimum atomic E-state index is -0.266. The molecule has 0 atom stereocenters. The van der Waals surface area contributed by atoms with E-state index >= 15 is 0 Å². The zero-order chi connectivity index (χ0) is 18.4. The quantitative estimate of drug-likeness (QED) is 0.582. The molecule has 6 heteroatoms. The van der Waals surface area contributed by atoms with E-state index in [-0.39, 0.29) is 31.3 Å². The van der Waals surface area contributed by atoms with Crippen molar-refractivity contribution in [2.24, 2.45) is 0 Å². The Morgan fingerprint density at radius 1 is 1.15 bits per heavy atom. The van der Waals surface area contributed by atoms with Crippen molar-refractivity contribution < 1.29 is 19.1 Å². The highest BCUT2D eigenvalue weighted by Gasteiger charge is 2.19. The predicted molar refractivity (Wildman–Crippen MR) is 97.5 cm³/mol. The number of hydrogen-bond acceptors (Lipinski definition) is 4. The van der Waals surface area contributed by atoms with E-state index < -0.39 is 0 Å². The summed E-state index contributed by atoms with van der Waals surface area (Å²) in [4.78, 5) is 36.6. The lowest BCUT2D eigenvalue weighted by atomic mass is 10.0. The number of ketones is 1. The zero-order valence-electron chi connectivity index (χ0n) is 14.3. The molecule has 2 amide bonds. The van der Waals surface area contributed by atoms with Crippen LogP contribution >= 0.6 is 0 Å². The van der Waals surface area contributed by atoms with Crippen molar-refractivity contribution in [1.29, 1.82) is 0 Å². The fourth-order valence-electron chi connectivity index (χ4n) is 2.89. The SMILES string of the molecule is O=CN1CCc2cc(C(=O)CCNC(=O)COc3ccccc3)ccc21. The van der Waals surface area contributed by atoms with Gasteiger partial charge < -0.3 is 15.0 Å². The Labute approximate surface area is 151 Å². The average Bonchev–Trinajstić information content (AvgIpc) is 3.09. The van der Waals surface area contributed by atoms with Gasteiger partial charge >= 0.3 is 0 Å². The number of nitrogens with one attached hydrogen (secondary N) is 1. The molecule has 2 aromatic rings. The number of benzene rings is 2. The van der Waals surface area contributed by atoms with Crippen LogP contribution in [0.15, 0.2) is 48.5 Å². The summed E-state index contributed by atoms with van der Waals surface area (Å²) < 4.78 is 5.35. The summed E-state index contributed by atoms with van der Waals surface area (Å²) in [6.45, 7) is 0.819. The van der Waals surface area contributed by atoms with E-state index in [1.165, 1.54) is 0 Å². The van der Waals surface area contributed by atoms with E-state index in [1.54, 1.807) is 29.2 Å². The molecule has 0 aromatic heterocycles. The molecular weight excluding hydrogens is 332 g/mol. The molecule has 26 heavy (non-hydrogen) atoms. The molecular formula is C20H20N2O4. The second-order valence-electron chi connectivity index (χ2n) is 6.02. The molecule has 0 aliphatic carbocycles. The number of amides is 2. The first-order chi connectivity index (χ1) is 12.7. The number of carbonyl (C=O) groups is 3. The van der Waals surface area contributed by atoms with Crippen molar-refractivity contribution in [2.45, 2.75) is 12.8 Å². The molecule has 0 saturated carbocycles. The van der Waals surface area contributed by atoms with Gasteiger partial charge in [0.05, 0.1) is 0 Å².